The van der Waals surface area contributed by atoms with E-state index in [1.54, 1.807) is 13.1 Å². The van der Waals surface area contributed by atoms with Gasteiger partial charge in [-0.2, -0.15) is 0 Å². The van der Waals surface area contributed by atoms with Crippen LogP contribution >= 0.6 is 0 Å². The first kappa shape index (κ1) is 20.4. The molecule has 0 spiro atoms. The lowest BCUT2D eigenvalue weighted by molar-refractivity contribution is 0.108. The molecule has 24 heavy (non-hydrogen) atoms. The molecule has 2 N–H and O–H groups in total. The fourth-order valence-corrected chi connectivity index (χ4v) is 2.11. The first-order valence-corrected chi connectivity index (χ1v) is 8.41. The van der Waals surface area contributed by atoms with E-state index in [1.807, 2.05) is 6.92 Å². The van der Waals surface area contributed by atoms with Gasteiger partial charge in [-0.1, -0.05) is 26.8 Å². The summed E-state index contributed by atoms with van der Waals surface area (Å²) in [4.78, 5) is 4.15. The molecule has 0 aliphatic rings. The fraction of sp³-hybridized carbons (Fsp3) is 0.611. The number of halogens is 2. The smallest absolute Gasteiger partial charge is 0.190 e. The van der Waals surface area contributed by atoms with Crippen LogP contribution in [-0.2, 0) is 4.74 Å². The Morgan fingerprint density at radius 2 is 1.92 bits per heavy atom. The maximum Gasteiger partial charge on any atom is 0.190 e. The van der Waals surface area contributed by atoms with E-state index < -0.39 is 11.6 Å². The van der Waals surface area contributed by atoms with Gasteiger partial charge in [0.05, 0.1) is 0 Å². The minimum absolute atomic E-state index is 0.0352. The molecule has 0 aromatic heterocycles. The van der Waals surface area contributed by atoms with E-state index in [1.165, 1.54) is 6.07 Å². The molecule has 136 valence electrons. The number of nitrogens with one attached hydrogen (secondary N) is 2. The van der Waals surface area contributed by atoms with Gasteiger partial charge in [0.2, 0.25) is 0 Å². The fourth-order valence-electron chi connectivity index (χ4n) is 2.11. The highest BCUT2D eigenvalue weighted by Crippen LogP contribution is 2.17. The molecule has 0 heterocycles. The van der Waals surface area contributed by atoms with Crippen LogP contribution in [0.1, 0.15) is 38.7 Å². The molecule has 4 nitrogen and oxygen atoms in total. The normalized spacial score (nSPS) is 13.2. The van der Waals surface area contributed by atoms with E-state index in [0.717, 1.165) is 31.2 Å². The van der Waals surface area contributed by atoms with Gasteiger partial charge in [0.15, 0.2) is 17.6 Å². The van der Waals surface area contributed by atoms with Gasteiger partial charge < -0.3 is 15.4 Å². The number of aliphatic imine (C=N–C) groups is 1. The Kier molecular flexibility index (Phi) is 9.30. The van der Waals surface area contributed by atoms with Gasteiger partial charge in [-0.3, -0.25) is 4.99 Å². The molecule has 1 aromatic carbocycles. The zero-order valence-electron chi connectivity index (χ0n) is 15.0. The van der Waals surface area contributed by atoms with Crippen molar-refractivity contribution in [3.05, 3.63) is 35.4 Å². The van der Waals surface area contributed by atoms with Crippen molar-refractivity contribution in [2.45, 2.75) is 33.1 Å². The Hall–Kier alpha value is -1.69. The molecule has 1 unspecified atom stereocenters. The number of hydrogen-bond acceptors (Lipinski definition) is 2. The molecule has 6 heteroatoms. The highest BCUT2D eigenvalue weighted by molar-refractivity contribution is 5.79. The highest BCUT2D eigenvalue weighted by atomic mass is 19.2. The molecule has 0 radical (unpaired) electrons. The van der Waals surface area contributed by atoms with Crippen LogP contribution in [0.5, 0.6) is 0 Å². The molecule has 0 bridgehead atoms. The summed E-state index contributed by atoms with van der Waals surface area (Å²) >= 11 is 0. The van der Waals surface area contributed by atoms with E-state index in [4.69, 9.17) is 4.74 Å². The van der Waals surface area contributed by atoms with Crippen molar-refractivity contribution in [3.8, 4) is 0 Å². The predicted octanol–water partition coefficient (Wildman–Crippen LogP) is 3.30. The van der Waals surface area contributed by atoms with Crippen molar-refractivity contribution in [2.75, 3.05) is 33.4 Å². The highest BCUT2D eigenvalue weighted by Gasteiger charge is 2.10. The van der Waals surface area contributed by atoms with Crippen molar-refractivity contribution in [3.63, 3.8) is 0 Å². The monoisotopic (exact) mass is 341 g/mol. The van der Waals surface area contributed by atoms with E-state index >= 15 is 0 Å². The van der Waals surface area contributed by atoms with E-state index in [2.05, 4.69) is 29.5 Å². The average molecular weight is 341 g/mol. The number of nitrogens with zero attached hydrogens (tertiary/aromatic N) is 1. The Bertz CT molecular complexity index is 521. The van der Waals surface area contributed by atoms with Gasteiger partial charge in [0.25, 0.3) is 0 Å². The molecule has 0 saturated carbocycles. The van der Waals surface area contributed by atoms with Crippen molar-refractivity contribution >= 4 is 5.96 Å². The van der Waals surface area contributed by atoms with Crippen LogP contribution in [0.4, 0.5) is 8.78 Å². The number of guanidine groups is 1. The van der Waals surface area contributed by atoms with Crippen LogP contribution in [0.3, 0.4) is 0 Å². The van der Waals surface area contributed by atoms with Crippen LogP contribution in [0.15, 0.2) is 23.2 Å². The first-order chi connectivity index (χ1) is 11.4. The number of hydrogen-bond donors (Lipinski definition) is 2. The van der Waals surface area contributed by atoms with Gasteiger partial charge in [-0.25, -0.2) is 8.78 Å². The van der Waals surface area contributed by atoms with Crippen molar-refractivity contribution in [2.24, 2.45) is 10.9 Å². The summed E-state index contributed by atoms with van der Waals surface area (Å²) in [5, 5.41) is 6.40. The van der Waals surface area contributed by atoms with Crippen LogP contribution in [-0.4, -0.2) is 39.3 Å². The zero-order valence-corrected chi connectivity index (χ0v) is 15.0. The molecule has 0 fully saturated rings. The second kappa shape index (κ2) is 11.0. The summed E-state index contributed by atoms with van der Waals surface area (Å²) in [6, 6.07) is 4.00. The third kappa shape index (κ3) is 7.73. The van der Waals surface area contributed by atoms with Gasteiger partial charge >= 0.3 is 0 Å². The van der Waals surface area contributed by atoms with Crippen molar-refractivity contribution in [1.29, 1.82) is 0 Å². The molecule has 0 aliphatic carbocycles. The third-order valence-electron chi connectivity index (χ3n) is 3.52. The van der Waals surface area contributed by atoms with Gasteiger partial charge in [0.1, 0.15) is 0 Å². The number of ether oxygens (including phenoxy) is 1. The Morgan fingerprint density at radius 1 is 1.17 bits per heavy atom. The Labute approximate surface area is 143 Å². The van der Waals surface area contributed by atoms with Crippen LogP contribution < -0.4 is 10.6 Å². The maximum atomic E-state index is 13.3. The van der Waals surface area contributed by atoms with Crippen LogP contribution in [0.25, 0.3) is 0 Å². The first-order valence-electron chi connectivity index (χ1n) is 8.41. The number of rotatable bonds is 9. The quantitative estimate of drug-likeness (QED) is 0.412. The number of benzene rings is 1. The summed E-state index contributed by atoms with van der Waals surface area (Å²) < 4.78 is 31.8. The average Bonchev–Trinajstić information content (AvgIpc) is 2.55. The molecule has 1 atom stereocenters. The molecule has 1 aromatic rings. The van der Waals surface area contributed by atoms with Crippen molar-refractivity contribution < 1.29 is 13.5 Å². The lowest BCUT2D eigenvalue weighted by Gasteiger charge is -2.16. The van der Waals surface area contributed by atoms with E-state index in [9.17, 15) is 8.78 Å². The summed E-state index contributed by atoms with van der Waals surface area (Å²) in [7, 11) is 1.70. The summed E-state index contributed by atoms with van der Waals surface area (Å²) in [5.41, 5.74) is 0.749. The minimum atomic E-state index is -0.823. The molecule has 0 aliphatic heterocycles. The summed E-state index contributed by atoms with van der Waals surface area (Å²) in [5.74, 6) is -0.370. The molecule has 1 rings (SSSR count). The predicted molar refractivity (Wildman–Crippen MR) is 94.4 cm³/mol. The van der Waals surface area contributed by atoms with E-state index in [-0.39, 0.29) is 5.92 Å². The minimum Gasteiger partial charge on any atom is -0.381 e. The Balaban J connectivity index is 2.29. The summed E-state index contributed by atoms with van der Waals surface area (Å²) in [6.07, 6.45) is 0.895. The zero-order chi connectivity index (χ0) is 17.9. The van der Waals surface area contributed by atoms with Gasteiger partial charge in [-0.05, 0) is 36.0 Å². The maximum absolute atomic E-state index is 13.3. The topological polar surface area (TPSA) is 45.7 Å². The standard InChI is InChI=1S/C18H29F2N3O/c1-13(2)12-24-9-5-8-22-18(21-4)23-11-14(3)15-6-7-16(19)17(20)10-15/h6-7,10,13-14H,5,8-9,11-12H2,1-4H3,(H2,21,22,23). The second-order valence-electron chi connectivity index (χ2n) is 6.28. The molecular weight excluding hydrogens is 312 g/mol. The molecule has 0 amide bonds. The molecular formula is C18H29F2N3O. The lowest BCUT2D eigenvalue weighted by Crippen LogP contribution is -2.39. The third-order valence-corrected chi connectivity index (χ3v) is 3.52. The second-order valence-corrected chi connectivity index (χ2v) is 6.28. The van der Waals surface area contributed by atoms with Gasteiger partial charge in [-0.15, -0.1) is 0 Å². The van der Waals surface area contributed by atoms with E-state index in [0.29, 0.717) is 25.0 Å². The molecule has 0 saturated heterocycles. The van der Waals surface area contributed by atoms with Gasteiger partial charge in [0, 0.05) is 33.4 Å². The van der Waals surface area contributed by atoms with Crippen LogP contribution in [0, 0.1) is 17.6 Å². The SMILES string of the molecule is CN=C(NCCCOCC(C)C)NCC(C)c1ccc(F)c(F)c1. The largest absolute Gasteiger partial charge is 0.381 e. The summed E-state index contributed by atoms with van der Waals surface area (Å²) in [6.45, 7) is 9.03. The van der Waals surface area contributed by atoms with Crippen molar-refractivity contribution in [1.82, 2.24) is 10.6 Å². The Morgan fingerprint density at radius 3 is 2.54 bits per heavy atom. The van der Waals surface area contributed by atoms with Crippen LogP contribution in [0.2, 0.25) is 0 Å². The lowest BCUT2D eigenvalue weighted by atomic mass is 10.0.